The second-order valence-corrected chi connectivity index (χ2v) is 7.01. The second kappa shape index (κ2) is 6.64. The number of ether oxygens (including phenoxy) is 1. The lowest BCUT2D eigenvalue weighted by Crippen LogP contribution is -2.43. The number of aryl methyl sites for hydroxylation is 1. The number of piperidine rings is 1. The molecule has 1 aromatic carbocycles. The van der Waals surface area contributed by atoms with Gasteiger partial charge in [-0.15, -0.1) is 0 Å². The highest BCUT2D eigenvalue weighted by atomic mass is 32.2. The zero-order valence-electron chi connectivity index (χ0n) is 12.4. The van der Waals surface area contributed by atoms with Crippen molar-refractivity contribution in [3.8, 4) is 5.75 Å². The third-order valence-electron chi connectivity index (χ3n) is 3.75. The zero-order chi connectivity index (χ0) is 15.5. The summed E-state index contributed by atoms with van der Waals surface area (Å²) >= 11 is 0. The van der Waals surface area contributed by atoms with Crippen LogP contribution in [0.5, 0.6) is 5.75 Å². The van der Waals surface area contributed by atoms with Crippen LogP contribution in [0.4, 0.5) is 5.69 Å². The van der Waals surface area contributed by atoms with Gasteiger partial charge in [0.15, 0.2) is 0 Å². The lowest BCUT2D eigenvalue weighted by atomic mass is 10.0. The Kier molecular flexibility index (Phi) is 5.08. The molecule has 1 fully saturated rings. The third kappa shape index (κ3) is 3.87. The Morgan fingerprint density at radius 1 is 1.48 bits per heavy atom. The van der Waals surface area contributed by atoms with Crippen LogP contribution in [-0.2, 0) is 10.2 Å². The van der Waals surface area contributed by atoms with Crippen LogP contribution in [0.1, 0.15) is 18.4 Å². The van der Waals surface area contributed by atoms with Crippen molar-refractivity contribution in [2.45, 2.75) is 19.8 Å². The van der Waals surface area contributed by atoms with Crippen LogP contribution in [0, 0.1) is 12.8 Å². The lowest BCUT2D eigenvalue weighted by molar-refractivity contribution is 0.166. The zero-order valence-corrected chi connectivity index (χ0v) is 13.2. The fourth-order valence-electron chi connectivity index (χ4n) is 2.48. The number of anilines is 1. The van der Waals surface area contributed by atoms with Gasteiger partial charge < -0.3 is 9.84 Å². The smallest absolute Gasteiger partial charge is 0.301 e. The highest BCUT2D eigenvalue weighted by Crippen LogP contribution is 2.24. The minimum Gasteiger partial charge on any atom is -0.497 e. The minimum atomic E-state index is -3.59. The highest BCUT2D eigenvalue weighted by Gasteiger charge is 2.28. The summed E-state index contributed by atoms with van der Waals surface area (Å²) in [5, 5.41) is 9.21. The van der Waals surface area contributed by atoms with Crippen molar-refractivity contribution in [1.29, 1.82) is 0 Å². The molecular formula is C14H22N2O4S. The summed E-state index contributed by atoms with van der Waals surface area (Å²) in [5.74, 6) is 0.709. The van der Waals surface area contributed by atoms with Gasteiger partial charge in [-0.1, -0.05) is 0 Å². The summed E-state index contributed by atoms with van der Waals surface area (Å²) in [5.41, 5.74) is 1.34. The van der Waals surface area contributed by atoms with Gasteiger partial charge in [0.05, 0.1) is 12.8 Å². The Labute approximate surface area is 125 Å². The monoisotopic (exact) mass is 314 g/mol. The van der Waals surface area contributed by atoms with Crippen LogP contribution >= 0.6 is 0 Å². The highest BCUT2D eigenvalue weighted by molar-refractivity contribution is 7.90. The Morgan fingerprint density at radius 3 is 2.86 bits per heavy atom. The molecule has 1 aliphatic heterocycles. The molecule has 1 heterocycles. The molecule has 1 unspecified atom stereocenters. The predicted molar refractivity (Wildman–Crippen MR) is 81.7 cm³/mol. The Balaban J connectivity index is 2.13. The number of rotatable bonds is 5. The summed E-state index contributed by atoms with van der Waals surface area (Å²) in [6, 6.07) is 5.20. The minimum absolute atomic E-state index is 0.0206. The molecule has 0 bridgehead atoms. The normalized spacial score (nSPS) is 20.2. The molecule has 1 atom stereocenters. The van der Waals surface area contributed by atoms with Crippen LogP contribution < -0.4 is 9.46 Å². The van der Waals surface area contributed by atoms with E-state index >= 15 is 0 Å². The van der Waals surface area contributed by atoms with E-state index in [0.29, 0.717) is 24.5 Å². The SMILES string of the molecule is COc1ccc(NS(=O)(=O)N2CCCC(CO)C2)c(C)c1. The molecule has 0 radical (unpaired) electrons. The average molecular weight is 314 g/mol. The number of nitrogens with zero attached hydrogens (tertiary/aromatic N) is 1. The van der Waals surface area contributed by atoms with Gasteiger partial charge in [0.25, 0.3) is 0 Å². The van der Waals surface area contributed by atoms with Crippen molar-refractivity contribution < 1.29 is 18.3 Å². The number of hydrogen-bond donors (Lipinski definition) is 2. The number of benzene rings is 1. The molecule has 1 aliphatic rings. The van der Waals surface area contributed by atoms with Crippen LogP contribution in [0.25, 0.3) is 0 Å². The van der Waals surface area contributed by atoms with Crippen molar-refractivity contribution in [3.63, 3.8) is 0 Å². The van der Waals surface area contributed by atoms with Gasteiger partial charge in [-0.3, -0.25) is 4.72 Å². The van der Waals surface area contributed by atoms with Gasteiger partial charge in [0, 0.05) is 19.7 Å². The molecule has 1 aromatic rings. The number of nitrogens with one attached hydrogen (secondary N) is 1. The summed E-state index contributed by atoms with van der Waals surface area (Å²) in [7, 11) is -2.02. The first-order valence-corrected chi connectivity index (χ1v) is 8.43. The molecule has 118 valence electrons. The van der Waals surface area contributed by atoms with Gasteiger partial charge in [-0.2, -0.15) is 12.7 Å². The van der Waals surface area contributed by atoms with Gasteiger partial charge in [-0.05, 0) is 49.4 Å². The molecule has 0 aromatic heterocycles. The summed E-state index contributed by atoms with van der Waals surface area (Å²) in [4.78, 5) is 0. The maximum absolute atomic E-state index is 12.4. The largest absolute Gasteiger partial charge is 0.497 e. The molecule has 2 rings (SSSR count). The first-order valence-electron chi connectivity index (χ1n) is 6.99. The Hall–Kier alpha value is -1.31. The fourth-order valence-corrected chi connectivity index (χ4v) is 3.89. The van der Waals surface area contributed by atoms with E-state index in [0.717, 1.165) is 18.4 Å². The topological polar surface area (TPSA) is 78.9 Å². The maximum atomic E-state index is 12.4. The molecule has 0 saturated carbocycles. The first-order chi connectivity index (χ1) is 9.96. The van der Waals surface area contributed by atoms with Gasteiger partial charge in [-0.25, -0.2) is 0 Å². The molecule has 7 heteroatoms. The molecule has 0 amide bonds. The van der Waals surface area contributed by atoms with Crippen molar-refractivity contribution in [2.24, 2.45) is 5.92 Å². The molecule has 0 aliphatic carbocycles. The van der Waals surface area contributed by atoms with Crippen LogP contribution in [0.2, 0.25) is 0 Å². The van der Waals surface area contributed by atoms with Crippen LogP contribution in [0.15, 0.2) is 18.2 Å². The number of hydrogen-bond acceptors (Lipinski definition) is 4. The molecular weight excluding hydrogens is 292 g/mol. The average Bonchev–Trinajstić information content (AvgIpc) is 2.49. The van der Waals surface area contributed by atoms with Gasteiger partial charge >= 0.3 is 10.2 Å². The summed E-state index contributed by atoms with van der Waals surface area (Å²) in [6.07, 6.45) is 1.64. The van der Waals surface area contributed by atoms with Gasteiger partial charge in [0.1, 0.15) is 5.75 Å². The number of methoxy groups -OCH3 is 1. The molecule has 21 heavy (non-hydrogen) atoms. The Morgan fingerprint density at radius 2 is 2.24 bits per heavy atom. The van der Waals surface area contributed by atoms with E-state index in [4.69, 9.17) is 4.74 Å². The molecule has 6 nitrogen and oxygen atoms in total. The standard InChI is InChI=1S/C14H22N2O4S/c1-11-8-13(20-2)5-6-14(11)15-21(18,19)16-7-3-4-12(9-16)10-17/h5-6,8,12,15,17H,3-4,7,9-10H2,1-2H3. The molecule has 1 saturated heterocycles. The van der Waals surface area contributed by atoms with E-state index in [1.807, 2.05) is 6.92 Å². The second-order valence-electron chi connectivity index (χ2n) is 5.34. The number of aliphatic hydroxyl groups excluding tert-OH is 1. The Bertz CT molecular complexity index is 589. The van der Waals surface area contributed by atoms with E-state index in [-0.39, 0.29) is 12.5 Å². The third-order valence-corrected chi connectivity index (χ3v) is 5.24. The van der Waals surface area contributed by atoms with Crippen molar-refractivity contribution in [3.05, 3.63) is 23.8 Å². The van der Waals surface area contributed by atoms with E-state index < -0.39 is 10.2 Å². The quantitative estimate of drug-likeness (QED) is 0.860. The molecule has 0 spiro atoms. The van der Waals surface area contributed by atoms with Crippen LogP contribution in [-0.4, -0.2) is 44.6 Å². The van der Waals surface area contributed by atoms with E-state index in [1.54, 1.807) is 25.3 Å². The lowest BCUT2D eigenvalue weighted by Gasteiger charge is -2.31. The van der Waals surface area contributed by atoms with E-state index in [1.165, 1.54) is 4.31 Å². The molecule has 2 N–H and O–H groups in total. The summed E-state index contributed by atoms with van der Waals surface area (Å²) < 4.78 is 34.0. The predicted octanol–water partition coefficient (Wildman–Crippen LogP) is 1.36. The number of aliphatic hydroxyl groups is 1. The van der Waals surface area contributed by atoms with Crippen molar-refractivity contribution in [1.82, 2.24) is 4.31 Å². The van der Waals surface area contributed by atoms with Crippen molar-refractivity contribution in [2.75, 3.05) is 31.5 Å². The van der Waals surface area contributed by atoms with E-state index in [2.05, 4.69) is 4.72 Å². The van der Waals surface area contributed by atoms with Crippen LogP contribution in [0.3, 0.4) is 0 Å². The van der Waals surface area contributed by atoms with Gasteiger partial charge in [0.2, 0.25) is 0 Å². The van der Waals surface area contributed by atoms with E-state index in [9.17, 15) is 13.5 Å². The fraction of sp³-hybridized carbons (Fsp3) is 0.571. The first kappa shape index (κ1) is 16.1. The van der Waals surface area contributed by atoms with Crippen molar-refractivity contribution >= 4 is 15.9 Å². The summed E-state index contributed by atoms with van der Waals surface area (Å²) in [6.45, 7) is 2.70. The maximum Gasteiger partial charge on any atom is 0.301 e.